The van der Waals surface area contributed by atoms with E-state index < -0.39 is 0 Å². The fourth-order valence-electron chi connectivity index (χ4n) is 2.94. The molecule has 0 aliphatic carbocycles. The van der Waals surface area contributed by atoms with Crippen LogP contribution in [0.4, 0.5) is 4.39 Å². The lowest BCUT2D eigenvalue weighted by Crippen LogP contribution is -2.26. The zero-order valence-corrected chi connectivity index (χ0v) is 16.8. The summed E-state index contributed by atoms with van der Waals surface area (Å²) in [5, 5.41) is 8.57. The van der Waals surface area contributed by atoms with Crippen LogP contribution >= 0.6 is 12.2 Å². The molecule has 9 heteroatoms. The molecule has 0 N–H and O–H groups in total. The van der Waals surface area contributed by atoms with Gasteiger partial charge in [0, 0.05) is 11.6 Å². The Kier molecular flexibility index (Phi) is 5.32. The molecule has 0 fully saturated rings. The van der Waals surface area contributed by atoms with Crippen LogP contribution in [0.25, 0.3) is 17.1 Å². The van der Waals surface area contributed by atoms with Gasteiger partial charge in [0.15, 0.2) is 0 Å². The first kappa shape index (κ1) is 19.2. The third-order valence-corrected chi connectivity index (χ3v) is 5.07. The molecule has 148 valence electrons. The Morgan fingerprint density at radius 3 is 2.52 bits per heavy atom. The molecule has 0 saturated carbocycles. The lowest BCUT2D eigenvalue weighted by molar-refractivity contribution is 0.192. The molecule has 0 spiro atoms. The maximum Gasteiger partial charge on any atom is 0.288 e. The van der Waals surface area contributed by atoms with Gasteiger partial charge in [-0.3, -0.25) is 4.90 Å². The van der Waals surface area contributed by atoms with E-state index in [9.17, 15) is 4.39 Å². The topological polar surface area (TPSA) is 64.9 Å². The number of aromatic nitrogens is 5. The van der Waals surface area contributed by atoms with Crippen molar-refractivity contribution < 1.29 is 8.81 Å². The van der Waals surface area contributed by atoms with Crippen LogP contribution in [0.5, 0.6) is 0 Å². The second-order valence-electron chi connectivity index (χ2n) is 6.69. The molecular formula is C20H19FN6OS. The lowest BCUT2D eigenvalue weighted by Gasteiger charge is -2.24. The molecule has 2 aromatic carbocycles. The quantitative estimate of drug-likeness (QED) is 0.443. The van der Waals surface area contributed by atoms with Crippen molar-refractivity contribution in [3.8, 4) is 17.1 Å². The predicted octanol–water partition coefficient (Wildman–Crippen LogP) is 4.24. The smallest absolute Gasteiger partial charge is 0.288 e. The number of benzene rings is 2. The molecule has 7 nitrogen and oxygen atoms in total. The van der Waals surface area contributed by atoms with Crippen LogP contribution < -0.4 is 0 Å². The second kappa shape index (κ2) is 8.06. The highest BCUT2D eigenvalue weighted by molar-refractivity contribution is 7.71. The number of hydrogen-bond acceptors (Lipinski definition) is 6. The molecule has 0 unspecified atom stereocenters. The maximum atomic E-state index is 13.1. The van der Waals surface area contributed by atoms with Crippen LogP contribution in [0.3, 0.4) is 0 Å². The normalized spacial score (nSPS) is 12.4. The predicted molar refractivity (Wildman–Crippen MR) is 108 cm³/mol. The fourth-order valence-corrected chi connectivity index (χ4v) is 3.12. The number of nitrogens with zero attached hydrogens (tertiary/aromatic N) is 6. The van der Waals surface area contributed by atoms with Gasteiger partial charge in [-0.15, -0.1) is 5.10 Å². The Morgan fingerprint density at radius 1 is 1.14 bits per heavy atom. The third kappa shape index (κ3) is 4.15. The first-order valence-corrected chi connectivity index (χ1v) is 9.41. The van der Waals surface area contributed by atoms with Gasteiger partial charge in [0.2, 0.25) is 5.89 Å². The zero-order valence-electron chi connectivity index (χ0n) is 15.9. The van der Waals surface area contributed by atoms with E-state index in [0.717, 1.165) is 11.3 Å². The summed E-state index contributed by atoms with van der Waals surface area (Å²) < 4.78 is 22.0. The standard InChI is InChI=1S/C20H19FN6OS/c1-14(15-5-9-18(10-6-15)26-12-22-11-23-26)25(2)13-27-20(29)28-19(24-27)16-3-7-17(21)8-4-16/h3-12,14H,13H2,1-2H3/t14-/m0/s1. The lowest BCUT2D eigenvalue weighted by atomic mass is 10.1. The van der Waals surface area contributed by atoms with Crippen LogP contribution in [0, 0.1) is 10.7 Å². The number of halogens is 1. The van der Waals surface area contributed by atoms with Crippen LogP contribution in [-0.4, -0.2) is 36.5 Å². The van der Waals surface area contributed by atoms with E-state index in [2.05, 4.69) is 39.1 Å². The van der Waals surface area contributed by atoms with Crippen LogP contribution in [0.15, 0.2) is 65.6 Å². The van der Waals surface area contributed by atoms with Crippen molar-refractivity contribution in [2.45, 2.75) is 19.6 Å². The maximum absolute atomic E-state index is 13.1. The summed E-state index contributed by atoms with van der Waals surface area (Å²) in [5.74, 6) is 0.0587. The molecule has 29 heavy (non-hydrogen) atoms. The summed E-state index contributed by atoms with van der Waals surface area (Å²) >= 11 is 5.30. The minimum Gasteiger partial charge on any atom is -0.409 e. The summed E-state index contributed by atoms with van der Waals surface area (Å²) in [5.41, 5.74) is 2.77. The minimum atomic E-state index is -0.310. The molecule has 4 aromatic rings. The largest absolute Gasteiger partial charge is 0.409 e. The summed E-state index contributed by atoms with van der Waals surface area (Å²) in [4.78, 5) is 6.34. The molecule has 1 atom stereocenters. The Morgan fingerprint density at radius 2 is 1.86 bits per heavy atom. The van der Waals surface area contributed by atoms with E-state index in [1.165, 1.54) is 18.5 Å². The second-order valence-corrected chi connectivity index (χ2v) is 7.03. The first-order chi connectivity index (χ1) is 14.0. The van der Waals surface area contributed by atoms with Crippen molar-refractivity contribution in [3.63, 3.8) is 0 Å². The van der Waals surface area contributed by atoms with Crippen molar-refractivity contribution in [1.29, 1.82) is 0 Å². The molecule has 0 bridgehead atoms. The highest BCUT2D eigenvalue weighted by Gasteiger charge is 2.15. The van der Waals surface area contributed by atoms with E-state index >= 15 is 0 Å². The van der Waals surface area contributed by atoms with Gasteiger partial charge >= 0.3 is 0 Å². The first-order valence-electron chi connectivity index (χ1n) is 9.00. The monoisotopic (exact) mass is 410 g/mol. The van der Waals surface area contributed by atoms with Gasteiger partial charge in [-0.1, -0.05) is 12.1 Å². The van der Waals surface area contributed by atoms with E-state index in [-0.39, 0.29) is 16.7 Å². The minimum absolute atomic E-state index is 0.118. The molecule has 0 aliphatic heterocycles. The van der Waals surface area contributed by atoms with Gasteiger partial charge in [-0.05, 0) is 68.2 Å². The molecule has 4 rings (SSSR count). The molecule has 0 saturated heterocycles. The average Bonchev–Trinajstić information content (AvgIpc) is 3.39. The van der Waals surface area contributed by atoms with E-state index in [1.54, 1.807) is 27.8 Å². The third-order valence-electron chi connectivity index (χ3n) is 4.77. The summed E-state index contributed by atoms with van der Waals surface area (Å²) in [6.45, 7) is 2.56. The van der Waals surface area contributed by atoms with Crippen molar-refractivity contribution >= 4 is 12.2 Å². The molecule has 0 radical (unpaired) electrons. The molecule has 2 aromatic heterocycles. The van der Waals surface area contributed by atoms with Crippen LogP contribution in [0.2, 0.25) is 0 Å². The molecule has 0 amide bonds. The van der Waals surface area contributed by atoms with Gasteiger partial charge < -0.3 is 4.42 Å². The zero-order chi connectivity index (χ0) is 20.4. The summed E-state index contributed by atoms with van der Waals surface area (Å²) in [6, 6.07) is 14.2. The summed E-state index contributed by atoms with van der Waals surface area (Å²) in [6.07, 6.45) is 3.17. The Balaban J connectivity index is 1.48. The fraction of sp³-hybridized carbons (Fsp3) is 0.200. The van der Waals surface area contributed by atoms with Gasteiger partial charge in [-0.2, -0.15) is 5.10 Å². The Hall–Kier alpha value is -3.17. The SMILES string of the molecule is C[C@@H](c1ccc(-n2cncn2)cc1)N(C)Cn1nc(-c2ccc(F)cc2)oc1=S. The Bertz CT molecular complexity index is 1140. The Labute approximate surface area is 172 Å². The summed E-state index contributed by atoms with van der Waals surface area (Å²) in [7, 11) is 1.99. The van der Waals surface area contributed by atoms with Gasteiger partial charge in [0.1, 0.15) is 18.5 Å². The van der Waals surface area contributed by atoms with Crippen molar-refractivity contribution in [3.05, 3.63) is 77.4 Å². The average molecular weight is 410 g/mol. The van der Waals surface area contributed by atoms with Crippen molar-refractivity contribution in [1.82, 2.24) is 29.4 Å². The molecular weight excluding hydrogens is 391 g/mol. The van der Waals surface area contributed by atoms with Crippen molar-refractivity contribution in [2.75, 3.05) is 7.05 Å². The number of rotatable bonds is 6. The van der Waals surface area contributed by atoms with Gasteiger partial charge in [-0.25, -0.2) is 18.7 Å². The molecule has 2 heterocycles. The van der Waals surface area contributed by atoms with Crippen molar-refractivity contribution in [2.24, 2.45) is 0 Å². The van der Waals surface area contributed by atoms with E-state index in [4.69, 9.17) is 16.6 Å². The number of hydrogen-bond donors (Lipinski definition) is 0. The van der Waals surface area contributed by atoms with Gasteiger partial charge in [0.05, 0.1) is 12.4 Å². The van der Waals surface area contributed by atoms with E-state index in [0.29, 0.717) is 18.1 Å². The van der Waals surface area contributed by atoms with Crippen LogP contribution in [-0.2, 0) is 6.67 Å². The van der Waals surface area contributed by atoms with E-state index in [1.807, 2.05) is 19.2 Å². The van der Waals surface area contributed by atoms with Gasteiger partial charge in [0.25, 0.3) is 4.84 Å². The van der Waals surface area contributed by atoms with Crippen LogP contribution in [0.1, 0.15) is 18.5 Å². The molecule has 0 aliphatic rings. The highest BCUT2D eigenvalue weighted by atomic mass is 32.1. The highest BCUT2D eigenvalue weighted by Crippen LogP contribution is 2.22.